The van der Waals surface area contributed by atoms with E-state index in [4.69, 9.17) is 5.73 Å². The molecular weight excluding hydrogens is 288 g/mol. The predicted molar refractivity (Wildman–Crippen MR) is 83.5 cm³/mol. The summed E-state index contributed by atoms with van der Waals surface area (Å²) in [6.45, 7) is 3.54. The molecule has 0 saturated heterocycles. The van der Waals surface area contributed by atoms with E-state index in [0.29, 0.717) is 16.1 Å². The highest BCUT2D eigenvalue weighted by molar-refractivity contribution is 7.84. The summed E-state index contributed by atoms with van der Waals surface area (Å²) in [6.07, 6.45) is 0. The van der Waals surface area contributed by atoms with Gasteiger partial charge in [0.2, 0.25) is 0 Å². The molecule has 21 heavy (non-hydrogen) atoms. The van der Waals surface area contributed by atoms with Crippen LogP contribution in [0.25, 0.3) is 0 Å². The average molecular weight is 304 g/mol. The highest BCUT2D eigenvalue weighted by Crippen LogP contribution is 2.24. The fraction of sp³-hybridized carbons (Fsp3) is 0.200. The summed E-state index contributed by atoms with van der Waals surface area (Å²) in [5.41, 5.74) is 8.60. The Morgan fingerprint density at radius 2 is 1.95 bits per heavy atom. The molecule has 0 aliphatic heterocycles. The van der Waals surface area contributed by atoms with Crippen molar-refractivity contribution in [2.45, 2.75) is 24.5 Å². The number of nitro groups is 1. The zero-order chi connectivity index (χ0) is 15.6. The lowest BCUT2D eigenvalue weighted by atomic mass is 10.1. The number of nitrogens with zero attached hydrogens (tertiary/aromatic N) is 1. The molecule has 0 radical (unpaired) electrons. The summed E-state index contributed by atoms with van der Waals surface area (Å²) in [6, 6.07) is 10.1. The topological polar surface area (TPSA) is 86.2 Å². The van der Waals surface area contributed by atoms with Crippen molar-refractivity contribution in [2.24, 2.45) is 0 Å². The van der Waals surface area contributed by atoms with Crippen molar-refractivity contribution in [1.82, 2.24) is 0 Å². The molecule has 110 valence electrons. The third kappa shape index (κ3) is 3.28. The lowest BCUT2D eigenvalue weighted by Crippen LogP contribution is -2.02. The minimum atomic E-state index is -1.26. The molecule has 2 rings (SSSR count). The number of nitrogen functional groups attached to an aromatic ring is 1. The van der Waals surface area contributed by atoms with Gasteiger partial charge in [-0.1, -0.05) is 12.1 Å². The first-order valence-electron chi connectivity index (χ1n) is 6.37. The Morgan fingerprint density at radius 3 is 2.57 bits per heavy atom. The second-order valence-corrected chi connectivity index (χ2v) is 6.28. The summed E-state index contributed by atoms with van der Waals surface area (Å²) in [5, 5.41) is 10.9. The monoisotopic (exact) mass is 304 g/mol. The largest absolute Gasteiger partial charge is 0.399 e. The number of hydrogen-bond donors (Lipinski definition) is 1. The van der Waals surface area contributed by atoms with Crippen molar-refractivity contribution in [3.05, 3.63) is 63.2 Å². The van der Waals surface area contributed by atoms with Gasteiger partial charge in [0.15, 0.2) is 0 Å². The van der Waals surface area contributed by atoms with Gasteiger partial charge in [-0.2, -0.15) is 0 Å². The first kappa shape index (κ1) is 15.2. The Hall–Kier alpha value is -2.21. The van der Waals surface area contributed by atoms with E-state index in [9.17, 15) is 14.3 Å². The van der Waals surface area contributed by atoms with Crippen LogP contribution in [-0.4, -0.2) is 9.13 Å². The number of anilines is 1. The standard InChI is InChI=1S/C15H16N2O3S/c1-10-8-13(6-7-14(10)16)21(20)9-12-4-3-5-15(11(12)2)17(18)19/h3-8H,9,16H2,1-2H3. The van der Waals surface area contributed by atoms with Gasteiger partial charge in [-0.15, -0.1) is 0 Å². The van der Waals surface area contributed by atoms with E-state index >= 15 is 0 Å². The maximum Gasteiger partial charge on any atom is 0.272 e. The van der Waals surface area contributed by atoms with Crippen molar-refractivity contribution in [3.8, 4) is 0 Å². The third-order valence-corrected chi connectivity index (χ3v) is 4.76. The highest BCUT2D eigenvalue weighted by Gasteiger charge is 2.15. The van der Waals surface area contributed by atoms with Crippen molar-refractivity contribution in [2.75, 3.05) is 5.73 Å². The van der Waals surface area contributed by atoms with E-state index in [-0.39, 0.29) is 11.4 Å². The minimum Gasteiger partial charge on any atom is -0.399 e. The first-order valence-corrected chi connectivity index (χ1v) is 7.69. The van der Waals surface area contributed by atoms with Crippen molar-refractivity contribution in [1.29, 1.82) is 0 Å². The molecule has 2 aromatic carbocycles. The molecule has 1 atom stereocenters. The van der Waals surface area contributed by atoms with Gasteiger partial charge >= 0.3 is 0 Å². The van der Waals surface area contributed by atoms with Gasteiger partial charge in [0, 0.05) is 22.2 Å². The van der Waals surface area contributed by atoms with E-state index < -0.39 is 15.7 Å². The molecule has 2 N–H and O–H groups in total. The lowest BCUT2D eigenvalue weighted by Gasteiger charge is -2.08. The van der Waals surface area contributed by atoms with Crippen LogP contribution in [0.15, 0.2) is 41.3 Å². The number of nitrogens with two attached hydrogens (primary N) is 1. The Labute approximate surface area is 125 Å². The third-order valence-electron chi connectivity index (χ3n) is 3.40. The number of aryl methyl sites for hydroxylation is 1. The molecule has 0 spiro atoms. The van der Waals surface area contributed by atoms with Gasteiger partial charge in [0.25, 0.3) is 5.69 Å². The van der Waals surface area contributed by atoms with E-state index in [2.05, 4.69) is 0 Å². The molecule has 5 nitrogen and oxygen atoms in total. The molecule has 0 heterocycles. The van der Waals surface area contributed by atoms with Gasteiger partial charge in [0.1, 0.15) is 0 Å². The van der Waals surface area contributed by atoms with Gasteiger partial charge in [-0.3, -0.25) is 14.3 Å². The Kier molecular flexibility index (Phi) is 4.37. The van der Waals surface area contributed by atoms with Crippen LogP contribution in [0.1, 0.15) is 16.7 Å². The SMILES string of the molecule is Cc1cc(S(=O)Cc2cccc([N+](=O)[O-])c2C)ccc1N. The predicted octanol–water partition coefficient (Wildman–Crippen LogP) is 3.10. The lowest BCUT2D eigenvalue weighted by molar-refractivity contribution is -0.385. The average Bonchev–Trinajstić information content (AvgIpc) is 2.43. The van der Waals surface area contributed by atoms with Gasteiger partial charge < -0.3 is 5.73 Å². The van der Waals surface area contributed by atoms with E-state index in [1.54, 1.807) is 37.3 Å². The summed E-state index contributed by atoms with van der Waals surface area (Å²) < 4.78 is 12.4. The number of hydrogen-bond acceptors (Lipinski definition) is 4. The molecule has 0 aliphatic rings. The van der Waals surface area contributed by atoms with Crippen molar-refractivity contribution < 1.29 is 9.13 Å². The first-order chi connectivity index (χ1) is 9.90. The van der Waals surface area contributed by atoms with Crippen LogP contribution < -0.4 is 5.73 Å². The van der Waals surface area contributed by atoms with Crippen LogP contribution in [0.2, 0.25) is 0 Å². The summed E-state index contributed by atoms with van der Waals surface area (Å²) in [7, 11) is -1.26. The maximum atomic E-state index is 12.4. The minimum absolute atomic E-state index is 0.0537. The van der Waals surface area contributed by atoms with Crippen LogP contribution in [0.4, 0.5) is 11.4 Å². The molecule has 0 aliphatic carbocycles. The van der Waals surface area contributed by atoms with Crippen LogP contribution in [0.5, 0.6) is 0 Å². The number of nitro benzene ring substituents is 1. The van der Waals surface area contributed by atoms with Crippen LogP contribution in [0.3, 0.4) is 0 Å². The molecule has 0 aromatic heterocycles. The van der Waals surface area contributed by atoms with Crippen molar-refractivity contribution >= 4 is 22.2 Å². The molecule has 0 bridgehead atoms. The fourth-order valence-corrected chi connectivity index (χ4v) is 3.33. The van der Waals surface area contributed by atoms with E-state index in [1.165, 1.54) is 6.07 Å². The normalized spacial score (nSPS) is 12.1. The quantitative estimate of drug-likeness (QED) is 0.534. The smallest absolute Gasteiger partial charge is 0.272 e. The molecule has 0 fully saturated rings. The van der Waals surface area contributed by atoms with Crippen LogP contribution in [0, 0.1) is 24.0 Å². The Morgan fingerprint density at radius 1 is 1.24 bits per heavy atom. The van der Waals surface area contributed by atoms with E-state index in [0.717, 1.165) is 11.1 Å². The van der Waals surface area contributed by atoms with Crippen LogP contribution in [-0.2, 0) is 16.6 Å². The number of benzene rings is 2. The second-order valence-electron chi connectivity index (χ2n) is 4.83. The van der Waals surface area contributed by atoms with Gasteiger partial charge in [0.05, 0.1) is 21.5 Å². The molecule has 0 saturated carbocycles. The molecule has 2 aromatic rings. The summed E-state index contributed by atoms with van der Waals surface area (Å²) in [5.74, 6) is 0.247. The summed E-state index contributed by atoms with van der Waals surface area (Å²) >= 11 is 0. The molecular formula is C15H16N2O3S. The molecule has 6 heteroatoms. The summed E-state index contributed by atoms with van der Waals surface area (Å²) in [4.78, 5) is 11.2. The van der Waals surface area contributed by atoms with Gasteiger partial charge in [-0.05, 0) is 43.2 Å². The Bertz CT molecular complexity index is 729. The molecule has 1 unspecified atom stereocenters. The Balaban J connectivity index is 2.29. The maximum absolute atomic E-state index is 12.4. The van der Waals surface area contributed by atoms with Gasteiger partial charge in [-0.25, -0.2) is 0 Å². The molecule has 0 amide bonds. The second kappa shape index (κ2) is 6.05. The van der Waals surface area contributed by atoms with E-state index in [1.807, 2.05) is 6.92 Å². The van der Waals surface area contributed by atoms with Crippen molar-refractivity contribution in [3.63, 3.8) is 0 Å². The zero-order valence-corrected chi connectivity index (χ0v) is 12.6. The van der Waals surface area contributed by atoms with Crippen LogP contribution >= 0.6 is 0 Å². The zero-order valence-electron chi connectivity index (χ0n) is 11.8. The number of rotatable bonds is 4. The fourth-order valence-electron chi connectivity index (χ4n) is 2.04. The highest BCUT2D eigenvalue weighted by atomic mass is 32.2.